The molecular formula is C13H18N2O3. The number of hydrazine groups is 1. The van der Waals surface area contributed by atoms with Crippen molar-refractivity contribution in [2.24, 2.45) is 0 Å². The molecule has 0 aliphatic heterocycles. The van der Waals surface area contributed by atoms with Gasteiger partial charge in [-0.05, 0) is 12.1 Å². The van der Waals surface area contributed by atoms with Crippen molar-refractivity contribution in [1.29, 1.82) is 0 Å². The molecule has 1 amide bonds. The van der Waals surface area contributed by atoms with Crippen molar-refractivity contribution in [2.75, 3.05) is 28.3 Å². The first-order valence-electron chi connectivity index (χ1n) is 5.45. The maximum Gasteiger partial charge on any atom is 0.258 e. The van der Waals surface area contributed by atoms with Gasteiger partial charge in [0.05, 0.1) is 14.2 Å². The van der Waals surface area contributed by atoms with Gasteiger partial charge in [-0.15, -0.1) is 0 Å². The van der Waals surface area contributed by atoms with E-state index in [0.29, 0.717) is 11.5 Å². The van der Waals surface area contributed by atoms with Gasteiger partial charge in [0.1, 0.15) is 0 Å². The maximum atomic E-state index is 11.5. The molecule has 1 aromatic carbocycles. The zero-order valence-corrected chi connectivity index (χ0v) is 11.1. The molecule has 5 nitrogen and oxygen atoms in total. The van der Waals surface area contributed by atoms with E-state index in [-0.39, 0.29) is 5.91 Å². The first kappa shape index (κ1) is 14.1. The number of amides is 1. The van der Waals surface area contributed by atoms with Gasteiger partial charge in [-0.25, -0.2) is 5.01 Å². The van der Waals surface area contributed by atoms with E-state index in [0.717, 1.165) is 5.56 Å². The van der Waals surface area contributed by atoms with Gasteiger partial charge in [-0.2, -0.15) is 0 Å². The van der Waals surface area contributed by atoms with Gasteiger partial charge in [0.15, 0.2) is 11.5 Å². The van der Waals surface area contributed by atoms with Crippen molar-refractivity contribution in [1.82, 2.24) is 10.4 Å². The van der Waals surface area contributed by atoms with E-state index >= 15 is 0 Å². The Bertz CT molecular complexity index is 442. The van der Waals surface area contributed by atoms with Crippen molar-refractivity contribution in [3.8, 4) is 11.5 Å². The lowest BCUT2D eigenvalue weighted by Gasteiger charge is -2.11. The summed E-state index contributed by atoms with van der Waals surface area (Å²) in [7, 11) is 6.63. The molecule has 5 heteroatoms. The molecule has 0 spiro atoms. The monoisotopic (exact) mass is 250 g/mol. The summed E-state index contributed by atoms with van der Waals surface area (Å²) in [6, 6.07) is 5.49. The van der Waals surface area contributed by atoms with Crippen molar-refractivity contribution in [3.63, 3.8) is 0 Å². The molecule has 0 saturated heterocycles. The Hall–Kier alpha value is -2.01. The summed E-state index contributed by atoms with van der Waals surface area (Å²) in [4.78, 5) is 11.5. The van der Waals surface area contributed by atoms with Crippen molar-refractivity contribution in [2.45, 2.75) is 0 Å². The van der Waals surface area contributed by atoms with Gasteiger partial charge in [0.2, 0.25) is 0 Å². The van der Waals surface area contributed by atoms with Crippen LogP contribution >= 0.6 is 0 Å². The highest BCUT2D eigenvalue weighted by Gasteiger charge is 2.07. The smallest absolute Gasteiger partial charge is 0.258 e. The van der Waals surface area contributed by atoms with Crippen LogP contribution in [0.25, 0.3) is 6.08 Å². The Balaban J connectivity index is 2.90. The lowest BCUT2D eigenvalue weighted by molar-refractivity contribution is -0.119. The second-order valence-electron chi connectivity index (χ2n) is 3.79. The average molecular weight is 250 g/mol. The Labute approximate surface area is 107 Å². The largest absolute Gasteiger partial charge is 0.493 e. The number of methoxy groups -OCH3 is 2. The Morgan fingerprint density at radius 1 is 1.28 bits per heavy atom. The third-order valence-electron chi connectivity index (χ3n) is 2.18. The number of hydrogen-bond acceptors (Lipinski definition) is 4. The number of para-hydroxylation sites is 1. The molecule has 0 atom stereocenters. The molecule has 1 N–H and O–H groups in total. The fourth-order valence-corrected chi connectivity index (χ4v) is 1.47. The highest BCUT2D eigenvalue weighted by Crippen LogP contribution is 2.31. The Morgan fingerprint density at radius 3 is 2.56 bits per heavy atom. The average Bonchev–Trinajstić information content (AvgIpc) is 2.34. The molecule has 1 aromatic rings. The highest BCUT2D eigenvalue weighted by atomic mass is 16.5. The molecule has 98 valence electrons. The summed E-state index contributed by atoms with van der Waals surface area (Å²) in [6.07, 6.45) is 3.12. The van der Waals surface area contributed by atoms with E-state index in [4.69, 9.17) is 9.47 Å². The van der Waals surface area contributed by atoms with Crippen LogP contribution in [-0.2, 0) is 4.79 Å². The number of rotatable bonds is 5. The first-order valence-corrected chi connectivity index (χ1v) is 5.45. The molecule has 0 aromatic heterocycles. The molecule has 0 unspecified atom stereocenters. The predicted octanol–water partition coefficient (Wildman–Crippen LogP) is 1.31. The fraction of sp³-hybridized carbons (Fsp3) is 0.308. The van der Waals surface area contributed by atoms with Crippen molar-refractivity contribution >= 4 is 12.0 Å². The molecule has 0 heterocycles. The van der Waals surface area contributed by atoms with Gasteiger partial charge < -0.3 is 9.47 Å². The zero-order valence-electron chi connectivity index (χ0n) is 11.1. The number of ether oxygens (including phenoxy) is 2. The number of nitrogens with one attached hydrogen (secondary N) is 1. The van der Waals surface area contributed by atoms with Gasteiger partial charge in [-0.1, -0.05) is 12.1 Å². The van der Waals surface area contributed by atoms with Gasteiger partial charge in [0.25, 0.3) is 5.91 Å². The van der Waals surface area contributed by atoms with Crippen LogP contribution in [0.15, 0.2) is 24.3 Å². The lowest BCUT2D eigenvalue weighted by Crippen LogP contribution is -2.34. The summed E-state index contributed by atoms with van der Waals surface area (Å²) < 4.78 is 10.4. The molecule has 0 bridgehead atoms. The minimum absolute atomic E-state index is 0.204. The molecule has 0 radical (unpaired) electrons. The first-order chi connectivity index (χ1) is 8.58. The molecular weight excluding hydrogens is 232 g/mol. The third-order valence-corrected chi connectivity index (χ3v) is 2.18. The van der Waals surface area contributed by atoms with Crippen LogP contribution in [0.5, 0.6) is 11.5 Å². The summed E-state index contributed by atoms with van der Waals surface area (Å²) in [5.74, 6) is 1.03. The second kappa shape index (κ2) is 6.66. The zero-order chi connectivity index (χ0) is 13.5. The standard InChI is InChI=1S/C13H18N2O3/c1-15(2)14-12(16)9-8-10-6-5-7-11(17-3)13(10)18-4/h5-9H,1-4H3,(H,14,16)/b9-8+. The van der Waals surface area contributed by atoms with Gasteiger partial charge in [-0.3, -0.25) is 10.2 Å². The van der Waals surface area contributed by atoms with Crippen LogP contribution in [0.1, 0.15) is 5.56 Å². The molecule has 0 fully saturated rings. The lowest BCUT2D eigenvalue weighted by atomic mass is 10.1. The van der Waals surface area contributed by atoms with E-state index in [1.54, 1.807) is 45.5 Å². The topological polar surface area (TPSA) is 50.8 Å². The summed E-state index contributed by atoms with van der Waals surface area (Å²) in [6.45, 7) is 0. The normalized spacial score (nSPS) is 10.7. The van der Waals surface area contributed by atoms with Gasteiger partial charge in [0, 0.05) is 25.7 Å². The summed E-state index contributed by atoms with van der Waals surface area (Å²) in [5.41, 5.74) is 3.40. The number of nitrogens with zero attached hydrogens (tertiary/aromatic N) is 1. The van der Waals surface area contributed by atoms with Crippen molar-refractivity contribution < 1.29 is 14.3 Å². The van der Waals surface area contributed by atoms with Crippen molar-refractivity contribution in [3.05, 3.63) is 29.8 Å². The number of benzene rings is 1. The Morgan fingerprint density at radius 2 is 2.00 bits per heavy atom. The summed E-state index contributed by atoms with van der Waals surface area (Å²) >= 11 is 0. The summed E-state index contributed by atoms with van der Waals surface area (Å²) in [5, 5.41) is 1.58. The quantitative estimate of drug-likeness (QED) is 0.632. The van der Waals surface area contributed by atoms with E-state index in [1.165, 1.54) is 6.08 Å². The fourth-order valence-electron chi connectivity index (χ4n) is 1.47. The molecule has 0 aliphatic rings. The van der Waals surface area contributed by atoms with E-state index in [9.17, 15) is 4.79 Å². The molecule has 1 rings (SSSR count). The second-order valence-corrected chi connectivity index (χ2v) is 3.79. The van der Waals surface area contributed by atoms with Crippen LogP contribution < -0.4 is 14.9 Å². The van der Waals surface area contributed by atoms with Crippen LogP contribution in [0.2, 0.25) is 0 Å². The van der Waals surface area contributed by atoms with Crippen LogP contribution in [0.3, 0.4) is 0 Å². The van der Waals surface area contributed by atoms with E-state index < -0.39 is 0 Å². The van der Waals surface area contributed by atoms with E-state index in [2.05, 4.69) is 5.43 Å². The predicted molar refractivity (Wildman–Crippen MR) is 70.4 cm³/mol. The number of carbonyl (C=O) groups excluding carboxylic acids is 1. The maximum absolute atomic E-state index is 11.5. The minimum atomic E-state index is -0.204. The van der Waals surface area contributed by atoms with Crippen LogP contribution in [0.4, 0.5) is 0 Å². The molecule has 0 aliphatic carbocycles. The van der Waals surface area contributed by atoms with E-state index in [1.807, 2.05) is 12.1 Å². The molecule has 0 saturated carbocycles. The minimum Gasteiger partial charge on any atom is -0.493 e. The SMILES string of the molecule is COc1cccc(/C=C/C(=O)NN(C)C)c1OC. The number of carbonyl (C=O) groups is 1. The van der Waals surface area contributed by atoms with Crippen LogP contribution in [0, 0.1) is 0 Å². The third kappa shape index (κ3) is 3.78. The van der Waals surface area contributed by atoms with Crippen LogP contribution in [-0.4, -0.2) is 39.2 Å². The molecule has 18 heavy (non-hydrogen) atoms. The highest BCUT2D eigenvalue weighted by molar-refractivity contribution is 5.91. The van der Waals surface area contributed by atoms with Gasteiger partial charge >= 0.3 is 0 Å². The Kier molecular flexibility index (Phi) is 5.20. The number of hydrogen-bond donors (Lipinski definition) is 1.